The fourth-order valence-electron chi connectivity index (χ4n) is 8.65. The zero-order valence-electron chi connectivity index (χ0n) is 30.7. The monoisotopic (exact) mass is 712 g/mol. The van der Waals surface area contributed by atoms with Gasteiger partial charge in [0.1, 0.15) is 0 Å². The van der Waals surface area contributed by atoms with Crippen molar-refractivity contribution in [3.05, 3.63) is 218 Å². The molecule has 2 aromatic heterocycles. The molecule has 0 saturated carbocycles. The lowest BCUT2D eigenvalue weighted by Crippen LogP contribution is -1.94. The van der Waals surface area contributed by atoms with E-state index in [1.165, 1.54) is 88.1 Å². The van der Waals surface area contributed by atoms with Crippen molar-refractivity contribution in [1.29, 1.82) is 0 Å². The average Bonchev–Trinajstić information content (AvgIpc) is 3.79. The molecule has 2 nitrogen and oxygen atoms in total. The summed E-state index contributed by atoms with van der Waals surface area (Å²) >= 11 is 0. The molecule has 0 aliphatic rings. The summed E-state index contributed by atoms with van der Waals surface area (Å²) in [6, 6.07) is 79.4. The van der Waals surface area contributed by atoms with Gasteiger partial charge in [0.05, 0.1) is 22.1 Å². The summed E-state index contributed by atoms with van der Waals surface area (Å²) in [5, 5.41) is 5.00. The van der Waals surface area contributed by atoms with Gasteiger partial charge in [-0.05, 0) is 111 Å². The first-order valence-corrected chi connectivity index (χ1v) is 19.3. The van der Waals surface area contributed by atoms with Crippen LogP contribution in [-0.2, 0) is 0 Å². The molecule has 9 aromatic carbocycles. The van der Waals surface area contributed by atoms with Gasteiger partial charge in [-0.25, -0.2) is 0 Å². The maximum atomic E-state index is 2.40. The Bertz CT molecular complexity index is 3020. The summed E-state index contributed by atoms with van der Waals surface area (Å²) in [5.41, 5.74) is 16.8. The van der Waals surface area contributed by atoms with E-state index in [0.29, 0.717) is 0 Å². The molecular weight excluding hydrogens is 677 g/mol. The number of nitrogens with zero attached hydrogens (tertiary/aromatic N) is 2. The van der Waals surface area contributed by atoms with Gasteiger partial charge < -0.3 is 9.13 Å². The largest absolute Gasteiger partial charge is 0.309 e. The maximum absolute atomic E-state index is 2.40. The van der Waals surface area contributed by atoms with Crippen LogP contribution in [0.1, 0.15) is 0 Å². The van der Waals surface area contributed by atoms with Crippen molar-refractivity contribution in [2.75, 3.05) is 0 Å². The Morgan fingerprint density at radius 3 is 1.00 bits per heavy atom. The quantitative estimate of drug-likeness (QED) is 0.162. The Morgan fingerprint density at radius 1 is 0.196 bits per heavy atom. The normalized spacial score (nSPS) is 11.6. The van der Waals surface area contributed by atoms with Crippen LogP contribution in [0.4, 0.5) is 0 Å². The molecule has 56 heavy (non-hydrogen) atoms. The molecule has 0 bridgehead atoms. The number of aromatic nitrogens is 2. The lowest BCUT2D eigenvalue weighted by molar-refractivity contribution is 1.18. The van der Waals surface area contributed by atoms with Crippen LogP contribution in [0.5, 0.6) is 0 Å². The first-order chi connectivity index (χ1) is 27.8. The highest BCUT2D eigenvalue weighted by Gasteiger charge is 2.16. The molecule has 262 valence electrons. The Labute approximate surface area is 325 Å². The minimum absolute atomic E-state index is 1.16. The lowest BCUT2D eigenvalue weighted by Gasteiger charge is -2.11. The summed E-state index contributed by atoms with van der Waals surface area (Å²) in [7, 11) is 0. The van der Waals surface area contributed by atoms with Crippen LogP contribution in [0.25, 0.3) is 99.5 Å². The number of hydrogen-bond acceptors (Lipinski definition) is 0. The third kappa shape index (κ3) is 5.34. The third-order valence-electron chi connectivity index (χ3n) is 11.3. The van der Waals surface area contributed by atoms with Crippen LogP contribution in [0.2, 0.25) is 0 Å². The van der Waals surface area contributed by atoms with Crippen molar-refractivity contribution in [3.8, 4) is 55.9 Å². The molecule has 2 heteroatoms. The first-order valence-electron chi connectivity index (χ1n) is 19.3. The van der Waals surface area contributed by atoms with Crippen LogP contribution in [0.3, 0.4) is 0 Å². The van der Waals surface area contributed by atoms with Gasteiger partial charge in [0.2, 0.25) is 0 Å². The van der Waals surface area contributed by atoms with E-state index in [0.717, 1.165) is 11.4 Å². The van der Waals surface area contributed by atoms with Gasteiger partial charge in [0.25, 0.3) is 0 Å². The lowest BCUT2D eigenvalue weighted by atomic mass is 9.97. The van der Waals surface area contributed by atoms with Crippen molar-refractivity contribution >= 4 is 43.6 Å². The SMILES string of the molecule is c1ccc(-c2cccc(-n3c4ccccc4c4cc(-c5cccc(-c6ccc7c(c6)c6ccccc6n7-c6cccc(-c7ccccc7)c6)c5)ccc43)c2)cc1. The molecular formula is C54H36N2. The van der Waals surface area contributed by atoms with Gasteiger partial charge in [0, 0.05) is 32.9 Å². The molecule has 0 amide bonds. The van der Waals surface area contributed by atoms with Gasteiger partial charge in [-0.15, -0.1) is 0 Å². The smallest absolute Gasteiger partial charge is 0.0541 e. The van der Waals surface area contributed by atoms with Crippen LogP contribution in [0, 0.1) is 0 Å². The van der Waals surface area contributed by atoms with Crippen LogP contribution in [-0.4, -0.2) is 9.13 Å². The average molecular weight is 713 g/mol. The van der Waals surface area contributed by atoms with E-state index in [-0.39, 0.29) is 0 Å². The van der Waals surface area contributed by atoms with E-state index in [4.69, 9.17) is 0 Å². The van der Waals surface area contributed by atoms with Crippen molar-refractivity contribution in [2.24, 2.45) is 0 Å². The zero-order valence-corrected chi connectivity index (χ0v) is 30.7. The van der Waals surface area contributed by atoms with Gasteiger partial charge in [0.15, 0.2) is 0 Å². The molecule has 11 rings (SSSR count). The molecule has 2 heterocycles. The van der Waals surface area contributed by atoms with E-state index in [1.54, 1.807) is 0 Å². The summed E-state index contributed by atoms with van der Waals surface area (Å²) in [5.74, 6) is 0. The Kier molecular flexibility index (Phi) is 7.53. The number of fused-ring (bicyclic) bond motifs is 6. The highest BCUT2D eigenvalue weighted by atomic mass is 15.0. The standard InChI is InChI=1S/C54H36N2/c1-3-14-37(15-4-1)41-20-12-22-45(33-41)55-51-26-9-7-24-47(51)49-35-43(28-30-53(49)55)39-18-11-19-40(32-39)44-29-31-54-50(36-44)48-25-8-10-27-52(48)56(54)46-23-13-21-42(34-46)38-16-5-2-6-17-38/h1-36H. The summed E-state index contributed by atoms with van der Waals surface area (Å²) in [6.07, 6.45) is 0. The highest BCUT2D eigenvalue weighted by Crippen LogP contribution is 2.39. The maximum Gasteiger partial charge on any atom is 0.0541 e. The minimum Gasteiger partial charge on any atom is -0.309 e. The summed E-state index contributed by atoms with van der Waals surface area (Å²) in [4.78, 5) is 0. The number of para-hydroxylation sites is 2. The van der Waals surface area contributed by atoms with Gasteiger partial charge in [-0.1, -0.05) is 152 Å². The highest BCUT2D eigenvalue weighted by molar-refractivity contribution is 6.12. The van der Waals surface area contributed by atoms with Gasteiger partial charge >= 0.3 is 0 Å². The molecule has 11 aromatic rings. The predicted octanol–water partition coefficient (Wildman–Crippen LogP) is 14.5. The molecule has 0 aliphatic heterocycles. The Hall–Kier alpha value is -7.42. The zero-order chi connectivity index (χ0) is 37.0. The van der Waals surface area contributed by atoms with E-state index >= 15 is 0 Å². The number of rotatable bonds is 6. The molecule has 0 saturated heterocycles. The Morgan fingerprint density at radius 2 is 0.536 bits per heavy atom. The fourth-order valence-corrected chi connectivity index (χ4v) is 8.65. The van der Waals surface area contributed by atoms with Crippen molar-refractivity contribution < 1.29 is 0 Å². The van der Waals surface area contributed by atoms with Crippen LogP contribution in [0.15, 0.2) is 218 Å². The second kappa shape index (κ2) is 13.2. The van der Waals surface area contributed by atoms with Crippen molar-refractivity contribution in [1.82, 2.24) is 9.13 Å². The van der Waals surface area contributed by atoms with E-state index in [1.807, 2.05) is 0 Å². The first kappa shape index (κ1) is 32.0. The topological polar surface area (TPSA) is 9.86 Å². The molecule has 0 unspecified atom stereocenters. The van der Waals surface area contributed by atoms with Crippen LogP contribution < -0.4 is 0 Å². The van der Waals surface area contributed by atoms with E-state index in [9.17, 15) is 0 Å². The molecule has 0 N–H and O–H groups in total. The van der Waals surface area contributed by atoms with E-state index in [2.05, 4.69) is 228 Å². The number of benzene rings is 9. The molecule has 0 aliphatic carbocycles. The third-order valence-corrected chi connectivity index (χ3v) is 11.3. The molecule has 0 fully saturated rings. The fraction of sp³-hybridized carbons (Fsp3) is 0. The summed E-state index contributed by atoms with van der Waals surface area (Å²) < 4.78 is 4.81. The molecule has 0 atom stereocenters. The predicted molar refractivity (Wildman–Crippen MR) is 237 cm³/mol. The van der Waals surface area contributed by atoms with Crippen LogP contribution >= 0.6 is 0 Å². The van der Waals surface area contributed by atoms with Gasteiger partial charge in [-0.2, -0.15) is 0 Å². The van der Waals surface area contributed by atoms with Crippen molar-refractivity contribution in [2.45, 2.75) is 0 Å². The summed E-state index contributed by atoms with van der Waals surface area (Å²) in [6.45, 7) is 0. The molecule has 0 spiro atoms. The van der Waals surface area contributed by atoms with Crippen molar-refractivity contribution in [3.63, 3.8) is 0 Å². The minimum atomic E-state index is 1.16. The van der Waals surface area contributed by atoms with Gasteiger partial charge in [-0.3, -0.25) is 0 Å². The molecule has 0 radical (unpaired) electrons. The second-order valence-corrected chi connectivity index (χ2v) is 14.6. The van der Waals surface area contributed by atoms with E-state index < -0.39 is 0 Å². The number of hydrogen-bond donors (Lipinski definition) is 0. The second-order valence-electron chi connectivity index (χ2n) is 14.6. The Balaban J connectivity index is 0.999.